The number of aliphatic hydroxyl groups is 1. The second kappa shape index (κ2) is 3.22. The van der Waals surface area contributed by atoms with E-state index in [1.54, 1.807) is 0 Å². The van der Waals surface area contributed by atoms with Crippen molar-refractivity contribution in [3.8, 4) is 6.07 Å². The fourth-order valence-corrected chi connectivity index (χ4v) is 2.82. The number of hydrogen-bond acceptors (Lipinski definition) is 3. The Bertz CT molecular complexity index is 267. The molecule has 2 unspecified atom stereocenters. The third kappa shape index (κ3) is 1.18. The van der Waals surface area contributed by atoms with Crippen LogP contribution in [0.1, 0.15) is 32.6 Å². The van der Waals surface area contributed by atoms with Crippen LogP contribution < -0.4 is 5.32 Å². The van der Waals surface area contributed by atoms with Gasteiger partial charge in [-0.05, 0) is 25.2 Å². The van der Waals surface area contributed by atoms with Gasteiger partial charge < -0.3 is 10.4 Å². The minimum Gasteiger partial charge on any atom is -0.386 e. The highest BCUT2D eigenvalue weighted by atomic mass is 16.3. The van der Waals surface area contributed by atoms with E-state index in [0.29, 0.717) is 19.0 Å². The van der Waals surface area contributed by atoms with Crippen molar-refractivity contribution < 1.29 is 5.11 Å². The molecule has 2 atom stereocenters. The van der Waals surface area contributed by atoms with Crippen molar-refractivity contribution in [3.63, 3.8) is 0 Å². The van der Waals surface area contributed by atoms with Gasteiger partial charge in [0, 0.05) is 13.1 Å². The van der Waals surface area contributed by atoms with Gasteiger partial charge >= 0.3 is 0 Å². The topological polar surface area (TPSA) is 56.0 Å². The minimum absolute atomic E-state index is 0.459. The van der Waals surface area contributed by atoms with Crippen LogP contribution in [0.4, 0.5) is 0 Å². The largest absolute Gasteiger partial charge is 0.386 e. The lowest BCUT2D eigenvalue weighted by molar-refractivity contribution is -0.0931. The van der Waals surface area contributed by atoms with Crippen LogP contribution in [-0.2, 0) is 0 Å². The molecule has 1 heterocycles. The first kappa shape index (κ1) is 9.95. The molecule has 0 bridgehead atoms. The molecule has 0 aromatic heterocycles. The Kier molecular flexibility index (Phi) is 2.29. The lowest BCUT2D eigenvalue weighted by Gasteiger charge is -2.47. The van der Waals surface area contributed by atoms with E-state index < -0.39 is 11.0 Å². The second-order valence-electron chi connectivity index (χ2n) is 4.85. The Morgan fingerprint density at radius 1 is 1.57 bits per heavy atom. The Balaban J connectivity index is 2.16. The summed E-state index contributed by atoms with van der Waals surface area (Å²) >= 11 is 0. The summed E-state index contributed by atoms with van der Waals surface area (Å²) in [4.78, 5) is 0. The Morgan fingerprint density at radius 2 is 2.29 bits per heavy atom. The molecule has 1 saturated carbocycles. The van der Waals surface area contributed by atoms with Crippen molar-refractivity contribution in [1.29, 1.82) is 5.26 Å². The minimum atomic E-state index is -0.744. The number of nitrogens with zero attached hydrogens (tertiary/aromatic N) is 1. The first-order valence-electron chi connectivity index (χ1n) is 5.50. The summed E-state index contributed by atoms with van der Waals surface area (Å²) in [7, 11) is 0. The van der Waals surface area contributed by atoms with Gasteiger partial charge in [0.15, 0.2) is 0 Å². The molecule has 2 aliphatic rings. The van der Waals surface area contributed by atoms with Gasteiger partial charge in [0.1, 0.15) is 5.60 Å². The van der Waals surface area contributed by atoms with Gasteiger partial charge in [0.2, 0.25) is 0 Å². The van der Waals surface area contributed by atoms with Crippen LogP contribution in [-0.4, -0.2) is 23.8 Å². The summed E-state index contributed by atoms with van der Waals surface area (Å²) < 4.78 is 0. The van der Waals surface area contributed by atoms with Gasteiger partial charge in [-0.25, -0.2) is 0 Å². The van der Waals surface area contributed by atoms with Crippen molar-refractivity contribution in [3.05, 3.63) is 0 Å². The van der Waals surface area contributed by atoms with Crippen molar-refractivity contribution >= 4 is 0 Å². The first-order valence-corrected chi connectivity index (χ1v) is 5.50. The lowest BCUT2D eigenvalue weighted by atomic mass is 9.67. The molecule has 2 N–H and O–H groups in total. The van der Waals surface area contributed by atoms with E-state index in [1.807, 2.05) is 0 Å². The van der Waals surface area contributed by atoms with Crippen molar-refractivity contribution in [2.45, 2.75) is 38.2 Å². The lowest BCUT2D eigenvalue weighted by Crippen LogP contribution is -2.67. The van der Waals surface area contributed by atoms with Gasteiger partial charge in [0.05, 0.1) is 11.5 Å². The number of β-amino-alcohol motifs (C(OH)–C–C–N with tert-alkyl or cyclic N) is 1. The zero-order chi connectivity index (χ0) is 10.2. The van der Waals surface area contributed by atoms with E-state index in [2.05, 4.69) is 18.3 Å². The van der Waals surface area contributed by atoms with E-state index >= 15 is 0 Å². The standard InChI is InChI=1S/C11H18N2O/c1-2-9-3-4-10(5-9,6-12)11(14)7-13-8-11/h9,13-14H,2-5,7-8H2,1H3. The molecule has 0 radical (unpaired) electrons. The highest BCUT2D eigenvalue weighted by Crippen LogP contribution is 2.50. The summed E-state index contributed by atoms with van der Waals surface area (Å²) in [5, 5.41) is 22.7. The van der Waals surface area contributed by atoms with Crippen LogP contribution in [0, 0.1) is 22.7 Å². The maximum absolute atomic E-state index is 10.3. The Hall–Kier alpha value is -0.590. The molecule has 1 aliphatic heterocycles. The van der Waals surface area contributed by atoms with Crippen molar-refractivity contribution in [2.75, 3.05) is 13.1 Å². The number of nitriles is 1. The molecular formula is C11H18N2O. The molecule has 0 amide bonds. The molecule has 78 valence electrons. The predicted octanol–water partition coefficient (Wildman–Crippen LogP) is 1.04. The summed E-state index contributed by atoms with van der Waals surface area (Å²) in [6.07, 6.45) is 4.00. The summed E-state index contributed by atoms with van der Waals surface area (Å²) in [5.41, 5.74) is -1.20. The average Bonchev–Trinajstić information content (AvgIpc) is 2.59. The molecule has 1 aliphatic carbocycles. The third-order valence-corrected chi connectivity index (χ3v) is 4.13. The quantitative estimate of drug-likeness (QED) is 0.690. The van der Waals surface area contributed by atoms with Crippen LogP contribution in [0.5, 0.6) is 0 Å². The molecule has 3 nitrogen and oxygen atoms in total. The Labute approximate surface area is 85.1 Å². The van der Waals surface area contributed by atoms with Crippen LogP contribution in [0.25, 0.3) is 0 Å². The molecule has 2 fully saturated rings. The van der Waals surface area contributed by atoms with Gasteiger partial charge in [0.25, 0.3) is 0 Å². The fraction of sp³-hybridized carbons (Fsp3) is 0.909. The number of rotatable bonds is 2. The summed E-state index contributed by atoms with van der Waals surface area (Å²) in [6, 6.07) is 2.39. The maximum Gasteiger partial charge on any atom is 0.108 e. The first-order chi connectivity index (χ1) is 6.66. The van der Waals surface area contributed by atoms with E-state index in [1.165, 1.54) is 0 Å². The average molecular weight is 194 g/mol. The van der Waals surface area contributed by atoms with Gasteiger partial charge in [-0.1, -0.05) is 13.3 Å². The smallest absolute Gasteiger partial charge is 0.108 e. The van der Waals surface area contributed by atoms with Crippen LogP contribution >= 0.6 is 0 Å². The van der Waals surface area contributed by atoms with Gasteiger partial charge in [-0.2, -0.15) is 5.26 Å². The van der Waals surface area contributed by atoms with E-state index in [0.717, 1.165) is 25.7 Å². The third-order valence-electron chi connectivity index (χ3n) is 4.13. The zero-order valence-electron chi connectivity index (χ0n) is 8.71. The highest BCUT2D eigenvalue weighted by Gasteiger charge is 2.57. The molecule has 2 rings (SSSR count). The highest BCUT2D eigenvalue weighted by molar-refractivity contribution is 5.19. The fourth-order valence-electron chi connectivity index (χ4n) is 2.82. The monoisotopic (exact) mass is 194 g/mol. The molecule has 1 saturated heterocycles. The number of hydrogen-bond donors (Lipinski definition) is 2. The molecule has 0 spiro atoms. The van der Waals surface area contributed by atoms with Gasteiger partial charge in [-0.3, -0.25) is 0 Å². The maximum atomic E-state index is 10.3. The predicted molar refractivity (Wildman–Crippen MR) is 53.5 cm³/mol. The molecule has 14 heavy (non-hydrogen) atoms. The number of nitrogens with one attached hydrogen (secondary N) is 1. The van der Waals surface area contributed by atoms with E-state index in [9.17, 15) is 10.4 Å². The molecule has 3 heteroatoms. The van der Waals surface area contributed by atoms with Crippen LogP contribution in [0.3, 0.4) is 0 Å². The van der Waals surface area contributed by atoms with Gasteiger partial charge in [-0.15, -0.1) is 0 Å². The van der Waals surface area contributed by atoms with E-state index in [-0.39, 0.29) is 0 Å². The zero-order valence-corrected chi connectivity index (χ0v) is 8.71. The summed E-state index contributed by atoms with van der Waals surface area (Å²) in [5.74, 6) is 0.638. The van der Waals surface area contributed by atoms with Crippen LogP contribution in [0.15, 0.2) is 0 Å². The SMILES string of the molecule is CCC1CCC(C#N)(C2(O)CNC2)C1. The van der Waals surface area contributed by atoms with Crippen molar-refractivity contribution in [2.24, 2.45) is 11.3 Å². The Morgan fingerprint density at radius 3 is 2.64 bits per heavy atom. The van der Waals surface area contributed by atoms with Crippen molar-refractivity contribution in [1.82, 2.24) is 5.32 Å². The van der Waals surface area contributed by atoms with Crippen LogP contribution in [0.2, 0.25) is 0 Å². The molecular weight excluding hydrogens is 176 g/mol. The summed E-state index contributed by atoms with van der Waals surface area (Å²) in [6.45, 7) is 3.36. The second-order valence-corrected chi connectivity index (χ2v) is 4.85. The van der Waals surface area contributed by atoms with E-state index in [4.69, 9.17) is 0 Å². The molecule has 0 aromatic carbocycles. The normalized spacial score (nSPS) is 40.2. The molecule has 0 aromatic rings.